The third-order valence-electron chi connectivity index (χ3n) is 6.04. The molecule has 0 aliphatic carbocycles. The van der Waals surface area contributed by atoms with Crippen molar-refractivity contribution in [1.29, 1.82) is 0 Å². The number of rotatable bonds is 16. The molecule has 0 saturated carbocycles. The highest BCUT2D eigenvalue weighted by Gasteiger charge is 2.28. The van der Waals surface area contributed by atoms with Crippen molar-refractivity contribution in [1.82, 2.24) is 0 Å². The van der Waals surface area contributed by atoms with E-state index in [1.54, 1.807) is 33.8 Å². The number of benzene rings is 1. The molecule has 0 aromatic heterocycles. The van der Waals surface area contributed by atoms with Gasteiger partial charge in [-0.3, -0.25) is 4.79 Å². The smallest absolute Gasteiger partial charge is 0.458 e. The van der Waals surface area contributed by atoms with E-state index in [0.717, 1.165) is 12.8 Å². The number of esters is 1. The predicted molar refractivity (Wildman–Crippen MR) is 149 cm³/mol. The molecule has 0 amide bonds. The van der Waals surface area contributed by atoms with Crippen LogP contribution in [0.5, 0.6) is 11.5 Å². The first-order valence-corrected chi connectivity index (χ1v) is 14.0. The van der Waals surface area contributed by atoms with E-state index < -0.39 is 48.3 Å². The van der Waals surface area contributed by atoms with Crippen molar-refractivity contribution in [3.8, 4) is 11.5 Å². The first kappa shape index (κ1) is 35.5. The fraction of sp³-hybridized carbons (Fsp3) is 0.655. The second-order valence-electron chi connectivity index (χ2n) is 10.1. The van der Waals surface area contributed by atoms with Gasteiger partial charge >= 0.3 is 24.4 Å². The van der Waals surface area contributed by atoms with Crippen LogP contribution in [0.1, 0.15) is 86.1 Å². The first-order chi connectivity index (χ1) is 19.3. The lowest BCUT2D eigenvalue weighted by Gasteiger charge is -2.26. The molecule has 2 N–H and O–H groups in total. The first-order valence-electron chi connectivity index (χ1n) is 14.0. The zero-order valence-electron chi connectivity index (χ0n) is 25.2. The Morgan fingerprint density at radius 3 is 1.88 bits per heavy atom. The number of carbonyl (C=O) groups excluding carboxylic acids is 4. The Morgan fingerprint density at radius 2 is 1.34 bits per heavy atom. The van der Waals surface area contributed by atoms with Crippen LogP contribution >= 0.6 is 0 Å². The Hall–Kier alpha value is -3.54. The number of nitrogens with two attached hydrogens (primary N) is 1. The molecule has 0 fully saturated rings. The minimum atomic E-state index is -1.11. The van der Waals surface area contributed by atoms with Crippen molar-refractivity contribution in [3.05, 3.63) is 23.8 Å². The highest BCUT2D eigenvalue weighted by molar-refractivity contribution is 5.76. The highest BCUT2D eigenvalue weighted by Crippen LogP contribution is 2.30. The van der Waals surface area contributed by atoms with Gasteiger partial charge in [-0.2, -0.15) is 0 Å². The molecule has 0 spiro atoms. The Balaban J connectivity index is 2.88. The molecule has 12 heteroatoms. The van der Waals surface area contributed by atoms with Crippen molar-refractivity contribution < 1.29 is 52.3 Å². The maximum Gasteiger partial charge on any atom is 0.513 e. The minimum absolute atomic E-state index is 0.00398. The summed E-state index contributed by atoms with van der Waals surface area (Å²) in [5.41, 5.74) is 5.87. The van der Waals surface area contributed by atoms with Gasteiger partial charge in [0.15, 0.2) is 11.5 Å². The molecule has 0 aliphatic rings. The van der Waals surface area contributed by atoms with Gasteiger partial charge in [0, 0.05) is 0 Å². The molecule has 1 rings (SSSR count). The summed E-state index contributed by atoms with van der Waals surface area (Å²) in [5.74, 6) is -0.922. The molecule has 41 heavy (non-hydrogen) atoms. The van der Waals surface area contributed by atoms with Crippen LogP contribution in [-0.4, -0.2) is 61.5 Å². The molecule has 1 aromatic carbocycles. The largest absolute Gasteiger partial charge is 0.513 e. The molecule has 0 unspecified atom stereocenters. The van der Waals surface area contributed by atoms with Crippen molar-refractivity contribution >= 4 is 24.4 Å². The average Bonchev–Trinajstić information content (AvgIpc) is 2.89. The highest BCUT2D eigenvalue weighted by atomic mass is 16.8. The van der Waals surface area contributed by atoms with E-state index in [-0.39, 0.29) is 31.1 Å². The van der Waals surface area contributed by atoms with Crippen molar-refractivity contribution in [3.63, 3.8) is 0 Å². The van der Waals surface area contributed by atoms with Gasteiger partial charge in [0.2, 0.25) is 0 Å². The predicted octanol–water partition coefficient (Wildman–Crippen LogP) is 5.85. The van der Waals surface area contributed by atoms with Crippen LogP contribution in [-0.2, 0) is 34.9 Å². The molecule has 1 aromatic rings. The molecule has 0 bridgehead atoms. The molecular weight excluding hydrogens is 538 g/mol. The van der Waals surface area contributed by atoms with Gasteiger partial charge < -0.3 is 38.9 Å². The zero-order valence-corrected chi connectivity index (χ0v) is 25.2. The molecule has 0 saturated heterocycles. The topological polar surface area (TPSA) is 159 Å². The van der Waals surface area contributed by atoms with Gasteiger partial charge in [-0.1, -0.05) is 39.7 Å². The van der Waals surface area contributed by atoms with E-state index >= 15 is 0 Å². The van der Waals surface area contributed by atoms with Gasteiger partial charge in [0.05, 0.1) is 13.2 Å². The molecule has 0 heterocycles. The quantitative estimate of drug-likeness (QED) is 0.107. The van der Waals surface area contributed by atoms with Gasteiger partial charge in [-0.25, -0.2) is 14.4 Å². The Labute approximate surface area is 242 Å². The SMILES string of the molecule is CCCCOC(=O)Oc1ccc(C[C@H](N)C(=O)O[C@@H](C)[C@H](C)OC(=O)OC(C)(C)CC)cc1OC(=O)OCCCC. The number of hydrogen-bond donors (Lipinski definition) is 1. The maximum atomic E-state index is 12.7. The number of carbonyl (C=O) groups is 4. The lowest BCUT2D eigenvalue weighted by atomic mass is 10.1. The van der Waals surface area contributed by atoms with Gasteiger partial charge in [-0.05, 0) is 71.1 Å². The maximum absolute atomic E-state index is 12.7. The Kier molecular flexibility index (Phi) is 15.6. The third-order valence-corrected chi connectivity index (χ3v) is 6.04. The third kappa shape index (κ3) is 14.1. The van der Waals surface area contributed by atoms with E-state index in [4.69, 9.17) is 38.9 Å². The lowest BCUT2D eigenvalue weighted by molar-refractivity contribution is -0.156. The van der Waals surface area contributed by atoms with Crippen LogP contribution in [0.4, 0.5) is 14.4 Å². The molecule has 232 valence electrons. The second-order valence-corrected chi connectivity index (χ2v) is 10.1. The summed E-state index contributed by atoms with van der Waals surface area (Å²) in [5, 5.41) is 0. The standard InChI is InChI=1S/C29H45NO11/c1-8-11-15-35-26(32)39-23-14-13-21(18-24(23)40-27(33)36-16-12-9-2)17-22(30)25(31)37-19(4)20(5)38-28(34)41-29(6,7)10-3/h13-14,18-20,22H,8-12,15-17,30H2,1-7H3/t19-,20-,22-/m0/s1. The summed E-state index contributed by atoms with van der Waals surface area (Å²) in [6.45, 7) is 12.8. The summed E-state index contributed by atoms with van der Waals surface area (Å²) in [6, 6.07) is 3.25. The van der Waals surface area contributed by atoms with Gasteiger partial charge in [0.25, 0.3) is 0 Å². The molecule has 12 nitrogen and oxygen atoms in total. The monoisotopic (exact) mass is 583 g/mol. The van der Waals surface area contributed by atoms with Crippen LogP contribution < -0.4 is 15.2 Å². The lowest BCUT2D eigenvalue weighted by Crippen LogP contribution is -2.40. The zero-order chi connectivity index (χ0) is 31.0. The van der Waals surface area contributed by atoms with Crippen LogP contribution in [0.3, 0.4) is 0 Å². The fourth-order valence-electron chi connectivity index (χ4n) is 2.95. The van der Waals surface area contributed by atoms with E-state index in [9.17, 15) is 19.2 Å². The van der Waals surface area contributed by atoms with Crippen molar-refractivity contribution in [2.24, 2.45) is 5.73 Å². The van der Waals surface area contributed by atoms with Crippen LogP contribution in [0.2, 0.25) is 0 Å². The number of unbranched alkanes of at least 4 members (excludes halogenated alkanes) is 2. The number of hydrogen-bond acceptors (Lipinski definition) is 12. The molecule has 0 radical (unpaired) electrons. The van der Waals surface area contributed by atoms with E-state index in [1.165, 1.54) is 12.1 Å². The van der Waals surface area contributed by atoms with Crippen LogP contribution in [0, 0.1) is 0 Å². The second kappa shape index (κ2) is 18.0. The summed E-state index contributed by atoms with van der Waals surface area (Å²) >= 11 is 0. The Bertz CT molecular complexity index is 995. The molecule has 3 atom stereocenters. The van der Waals surface area contributed by atoms with E-state index in [0.29, 0.717) is 24.8 Å². The van der Waals surface area contributed by atoms with Gasteiger partial charge in [-0.15, -0.1) is 0 Å². The van der Waals surface area contributed by atoms with Crippen molar-refractivity contribution in [2.75, 3.05) is 13.2 Å². The number of ether oxygens (including phenoxy) is 7. The molecular formula is C29H45NO11. The van der Waals surface area contributed by atoms with Crippen molar-refractivity contribution in [2.45, 2.75) is 111 Å². The summed E-state index contributed by atoms with van der Waals surface area (Å²) < 4.78 is 36.4. The summed E-state index contributed by atoms with van der Waals surface area (Å²) in [7, 11) is 0. The van der Waals surface area contributed by atoms with Crippen LogP contribution in [0.15, 0.2) is 18.2 Å². The van der Waals surface area contributed by atoms with Gasteiger partial charge in [0.1, 0.15) is 23.9 Å². The summed E-state index contributed by atoms with van der Waals surface area (Å²) in [6.07, 6.45) is -0.843. The fourth-order valence-corrected chi connectivity index (χ4v) is 2.95. The minimum Gasteiger partial charge on any atom is -0.458 e. The normalized spacial score (nSPS) is 13.3. The van der Waals surface area contributed by atoms with Crippen LogP contribution in [0.25, 0.3) is 0 Å². The van der Waals surface area contributed by atoms with E-state index in [2.05, 4.69) is 0 Å². The average molecular weight is 584 g/mol. The Morgan fingerprint density at radius 1 is 0.805 bits per heavy atom. The van der Waals surface area contributed by atoms with E-state index in [1.807, 2.05) is 20.8 Å². The molecule has 0 aliphatic heterocycles. The summed E-state index contributed by atoms with van der Waals surface area (Å²) in [4.78, 5) is 48.9.